The van der Waals surface area contributed by atoms with Gasteiger partial charge in [-0.05, 0) is 22.1 Å². The van der Waals surface area contributed by atoms with Crippen LogP contribution in [0.5, 0.6) is 0 Å². The molecule has 6 nitrogen and oxygen atoms in total. The number of benzene rings is 1. The van der Waals surface area contributed by atoms with Crippen molar-refractivity contribution in [1.29, 1.82) is 15.8 Å². The molecule has 1 aromatic carbocycles. The first-order valence-electron chi connectivity index (χ1n) is 9.90. The molecule has 0 radical (unpaired) electrons. The fourth-order valence-electron chi connectivity index (χ4n) is 4.50. The van der Waals surface area contributed by atoms with E-state index < -0.39 is 11.3 Å². The van der Waals surface area contributed by atoms with Crippen molar-refractivity contribution >= 4 is 5.91 Å². The lowest BCUT2D eigenvalue weighted by Crippen LogP contribution is -2.48. The van der Waals surface area contributed by atoms with E-state index in [0.717, 1.165) is 16.7 Å². The average molecular weight is 399 g/mol. The van der Waals surface area contributed by atoms with Crippen LogP contribution < -0.4 is 5.73 Å². The molecule has 1 aromatic rings. The number of nitriles is 3. The average Bonchev–Trinajstić information content (AvgIpc) is 2.72. The maximum absolute atomic E-state index is 12.1. The van der Waals surface area contributed by atoms with Gasteiger partial charge in [0.05, 0.1) is 23.4 Å². The summed E-state index contributed by atoms with van der Waals surface area (Å²) < 4.78 is 0. The molecule has 152 valence electrons. The Kier molecular flexibility index (Phi) is 5.19. The Balaban J connectivity index is 2.26. The lowest BCUT2D eigenvalue weighted by Gasteiger charge is -2.45. The number of rotatable bonds is 1. The number of hydrogen-bond donors (Lipinski definition) is 1. The number of nitrogens with zero attached hydrogens (tertiary/aromatic N) is 4. The predicted molar refractivity (Wildman–Crippen MR) is 112 cm³/mol. The molecule has 2 unspecified atom stereocenters. The summed E-state index contributed by atoms with van der Waals surface area (Å²) in [5.74, 6) is -1.05. The Morgan fingerprint density at radius 3 is 2.23 bits per heavy atom. The highest BCUT2D eigenvalue weighted by atomic mass is 16.2. The minimum Gasteiger partial charge on any atom is -0.399 e. The zero-order chi connectivity index (χ0) is 22.3. The molecule has 2 aliphatic rings. The SMILES string of the molecule is CC(=O)N1CC=C2C(C#N)=C(N)C(C#N)(C#N)C(c3ccc(C(C)(C)C)cc3)C2C1. The van der Waals surface area contributed by atoms with E-state index in [9.17, 15) is 20.6 Å². The Bertz CT molecular complexity index is 1050. The van der Waals surface area contributed by atoms with E-state index in [1.807, 2.05) is 30.3 Å². The van der Waals surface area contributed by atoms with E-state index in [1.54, 1.807) is 4.90 Å². The van der Waals surface area contributed by atoms with E-state index >= 15 is 0 Å². The lowest BCUT2D eigenvalue weighted by atomic mass is 9.58. The number of hydrogen-bond acceptors (Lipinski definition) is 5. The third-order valence-electron chi connectivity index (χ3n) is 6.25. The Labute approximate surface area is 177 Å². The van der Waals surface area contributed by atoms with E-state index in [2.05, 4.69) is 39.0 Å². The van der Waals surface area contributed by atoms with Crippen molar-refractivity contribution in [3.63, 3.8) is 0 Å². The van der Waals surface area contributed by atoms with Crippen LogP contribution in [0, 0.1) is 45.3 Å². The lowest BCUT2D eigenvalue weighted by molar-refractivity contribution is -0.129. The minimum atomic E-state index is -1.68. The van der Waals surface area contributed by atoms with Gasteiger partial charge in [-0.25, -0.2) is 0 Å². The first-order chi connectivity index (χ1) is 14.1. The van der Waals surface area contributed by atoms with Crippen LogP contribution in [0.4, 0.5) is 0 Å². The number of fused-ring (bicyclic) bond motifs is 1. The van der Waals surface area contributed by atoms with Crippen LogP contribution in [0.25, 0.3) is 0 Å². The van der Waals surface area contributed by atoms with E-state index in [0.29, 0.717) is 13.1 Å². The molecule has 1 heterocycles. The number of carbonyl (C=O) groups excluding carboxylic acids is 1. The largest absolute Gasteiger partial charge is 0.399 e. The van der Waals surface area contributed by atoms with Crippen LogP contribution in [0.15, 0.2) is 47.2 Å². The van der Waals surface area contributed by atoms with Crippen molar-refractivity contribution in [3.05, 3.63) is 58.3 Å². The van der Waals surface area contributed by atoms with Gasteiger partial charge in [0.15, 0.2) is 5.41 Å². The Morgan fingerprint density at radius 1 is 1.17 bits per heavy atom. The van der Waals surface area contributed by atoms with Crippen molar-refractivity contribution in [1.82, 2.24) is 4.90 Å². The van der Waals surface area contributed by atoms with Crippen LogP contribution in [0.3, 0.4) is 0 Å². The quantitative estimate of drug-likeness (QED) is 0.777. The summed E-state index contributed by atoms with van der Waals surface area (Å²) in [6.45, 7) is 8.54. The molecule has 30 heavy (non-hydrogen) atoms. The number of nitrogens with two attached hydrogens (primary N) is 1. The summed E-state index contributed by atoms with van der Waals surface area (Å²) in [4.78, 5) is 13.7. The monoisotopic (exact) mass is 399 g/mol. The second-order valence-corrected chi connectivity index (χ2v) is 8.97. The standard InChI is InChI=1S/C24H25N5O/c1-15(30)29-10-9-18-19(11-25)22(28)24(13-26,14-27)21(20(18)12-29)16-5-7-17(8-6-16)23(2,3)4/h5-9,20-21H,10,12,28H2,1-4H3. The molecule has 3 rings (SSSR count). The summed E-state index contributed by atoms with van der Waals surface area (Å²) in [6, 6.07) is 14.2. The van der Waals surface area contributed by atoms with Gasteiger partial charge in [-0.3, -0.25) is 4.79 Å². The number of allylic oxidation sites excluding steroid dienone is 2. The third-order valence-corrected chi connectivity index (χ3v) is 6.25. The first kappa shape index (κ1) is 21.2. The number of carbonyl (C=O) groups is 1. The summed E-state index contributed by atoms with van der Waals surface area (Å²) >= 11 is 0. The molecule has 1 aliphatic heterocycles. The van der Waals surface area contributed by atoms with E-state index in [-0.39, 0.29) is 28.5 Å². The fraction of sp³-hybridized carbons (Fsp3) is 0.417. The number of amides is 1. The van der Waals surface area contributed by atoms with Crippen molar-refractivity contribution in [3.8, 4) is 18.2 Å². The molecule has 0 saturated carbocycles. The van der Waals surface area contributed by atoms with Crippen molar-refractivity contribution in [2.45, 2.75) is 39.0 Å². The topological polar surface area (TPSA) is 118 Å². The molecule has 0 aromatic heterocycles. The van der Waals surface area contributed by atoms with Gasteiger partial charge in [0, 0.05) is 31.8 Å². The first-order valence-corrected chi connectivity index (χ1v) is 9.90. The zero-order valence-electron chi connectivity index (χ0n) is 17.7. The molecule has 0 saturated heterocycles. The van der Waals surface area contributed by atoms with Crippen LogP contribution in [0.1, 0.15) is 44.7 Å². The smallest absolute Gasteiger partial charge is 0.219 e. The summed E-state index contributed by atoms with van der Waals surface area (Å²) in [6.07, 6.45) is 1.83. The highest BCUT2D eigenvalue weighted by Crippen LogP contribution is 2.54. The molecular weight excluding hydrogens is 374 g/mol. The minimum absolute atomic E-state index is 0.00123. The Hall–Kier alpha value is -3.56. The van der Waals surface area contributed by atoms with Crippen LogP contribution in [-0.2, 0) is 10.2 Å². The van der Waals surface area contributed by atoms with Gasteiger partial charge in [0.1, 0.15) is 6.07 Å². The summed E-state index contributed by atoms with van der Waals surface area (Å²) in [5.41, 5.74) is 7.42. The predicted octanol–water partition coefficient (Wildman–Crippen LogP) is 3.26. The maximum Gasteiger partial charge on any atom is 0.219 e. The van der Waals surface area contributed by atoms with Gasteiger partial charge in [-0.15, -0.1) is 0 Å². The molecule has 6 heteroatoms. The zero-order valence-corrected chi connectivity index (χ0v) is 17.7. The Morgan fingerprint density at radius 2 is 1.77 bits per heavy atom. The molecule has 0 fully saturated rings. The van der Waals surface area contributed by atoms with Gasteiger partial charge in [-0.2, -0.15) is 15.8 Å². The molecule has 1 aliphatic carbocycles. The molecule has 2 N–H and O–H groups in total. The van der Waals surface area contributed by atoms with Gasteiger partial charge < -0.3 is 10.6 Å². The highest BCUT2D eigenvalue weighted by Gasteiger charge is 2.54. The molecular formula is C24H25N5O. The second kappa shape index (κ2) is 7.36. The van der Waals surface area contributed by atoms with Crippen LogP contribution in [-0.4, -0.2) is 23.9 Å². The van der Waals surface area contributed by atoms with Gasteiger partial charge in [0.2, 0.25) is 5.91 Å². The third kappa shape index (κ3) is 3.14. The molecule has 2 atom stereocenters. The fourth-order valence-corrected chi connectivity index (χ4v) is 4.50. The van der Waals surface area contributed by atoms with Crippen molar-refractivity contribution in [2.24, 2.45) is 17.1 Å². The molecule has 0 bridgehead atoms. The highest BCUT2D eigenvalue weighted by molar-refractivity contribution is 5.74. The summed E-state index contributed by atoms with van der Waals surface area (Å²) in [5, 5.41) is 30.0. The normalized spacial score (nSPS) is 22.8. The molecule has 0 spiro atoms. The van der Waals surface area contributed by atoms with Crippen molar-refractivity contribution < 1.29 is 4.79 Å². The van der Waals surface area contributed by atoms with Crippen LogP contribution in [0.2, 0.25) is 0 Å². The van der Waals surface area contributed by atoms with Crippen LogP contribution >= 0.6 is 0 Å². The van der Waals surface area contributed by atoms with Gasteiger partial charge in [-0.1, -0.05) is 51.1 Å². The van der Waals surface area contributed by atoms with Gasteiger partial charge in [0.25, 0.3) is 0 Å². The second-order valence-electron chi connectivity index (χ2n) is 8.97. The molecule has 1 amide bonds. The summed E-state index contributed by atoms with van der Waals surface area (Å²) in [7, 11) is 0. The maximum atomic E-state index is 12.1. The van der Waals surface area contributed by atoms with E-state index in [1.165, 1.54) is 6.92 Å². The van der Waals surface area contributed by atoms with Gasteiger partial charge >= 0.3 is 0 Å². The van der Waals surface area contributed by atoms with E-state index in [4.69, 9.17) is 5.73 Å². The van der Waals surface area contributed by atoms with Crippen molar-refractivity contribution in [2.75, 3.05) is 13.1 Å².